The van der Waals surface area contributed by atoms with Crippen LogP contribution in [0.25, 0.3) is 0 Å². The minimum Gasteiger partial charge on any atom is -0.504 e. The van der Waals surface area contributed by atoms with Crippen LogP contribution in [0.15, 0.2) is 66.7 Å². The van der Waals surface area contributed by atoms with Crippen molar-refractivity contribution >= 4 is 0 Å². The van der Waals surface area contributed by atoms with Crippen LogP contribution in [-0.4, -0.2) is 10.2 Å². The Bertz CT molecular complexity index is 769. The van der Waals surface area contributed by atoms with Gasteiger partial charge in [-0.05, 0) is 47.7 Å². The van der Waals surface area contributed by atoms with Gasteiger partial charge in [-0.1, -0.05) is 60.7 Å². The van der Waals surface area contributed by atoms with Gasteiger partial charge in [-0.3, -0.25) is 0 Å². The average molecular weight is 304 g/mol. The van der Waals surface area contributed by atoms with Gasteiger partial charge in [-0.25, -0.2) is 0 Å². The van der Waals surface area contributed by atoms with Crippen LogP contribution in [0.1, 0.15) is 33.7 Å². The molecule has 0 amide bonds. The lowest BCUT2D eigenvalue weighted by molar-refractivity contribution is 0.400. The first-order chi connectivity index (χ1) is 11.1. The molecule has 3 aromatic rings. The molecular formula is C21H20O2. The topological polar surface area (TPSA) is 40.5 Å². The molecule has 0 unspecified atom stereocenters. The molecule has 0 aromatic heterocycles. The predicted octanol–water partition coefficient (Wildman–Crippen LogP) is 4.89. The van der Waals surface area contributed by atoms with Gasteiger partial charge in [0.2, 0.25) is 0 Å². The summed E-state index contributed by atoms with van der Waals surface area (Å²) in [4.78, 5) is 0. The van der Waals surface area contributed by atoms with Crippen LogP contribution in [0.2, 0.25) is 0 Å². The maximum atomic E-state index is 10.1. The van der Waals surface area contributed by atoms with E-state index in [1.165, 1.54) is 0 Å². The van der Waals surface area contributed by atoms with E-state index in [4.69, 9.17) is 0 Å². The molecule has 116 valence electrons. The van der Waals surface area contributed by atoms with E-state index in [2.05, 4.69) is 24.3 Å². The fraction of sp³-hybridized carbons (Fsp3) is 0.143. The first kappa shape index (κ1) is 15.2. The van der Waals surface area contributed by atoms with Gasteiger partial charge >= 0.3 is 0 Å². The summed E-state index contributed by atoms with van der Waals surface area (Å²) in [6.45, 7) is 3.82. The molecule has 3 aromatic carbocycles. The molecule has 0 saturated carbocycles. The fourth-order valence-corrected chi connectivity index (χ4v) is 3.05. The summed E-state index contributed by atoms with van der Waals surface area (Å²) in [5.74, 6) is -0.0892. The summed E-state index contributed by atoms with van der Waals surface area (Å²) < 4.78 is 0. The monoisotopic (exact) mass is 304 g/mol. The number of phenolic OH excluding ortho intramolecular Hbond substituents is 2. The highest BCUT2D eigenvalue weighted by atomic mass is 16.3. The molecule has 2 N–H and O–H groups in total. The zero-order valence-corrected chi connectivity index (χ0v) is 13.3. The van der Waals surface area contributed by atoms with E-state index in [-0.39, 0.29) is 17.4 Å². The molecule has 0 atom stereocenters. The summed E-state index contributed by atoms with van der Waals surface area (Å²) in [7, 11) is 0. The van der Waals surface area contributed by atoms with E-state index in [9.17, 15) is 10.2 Å². The first-order valence-electron chi connectivity index (χ1n) is 7.71. The number of rotatable bonds is 3. The Kier molecular flexibility index (Phi) is 4.07. The van der Waals surface area contributed by atoms with Crippen molar-refractivity contribution in [2.24, 2.45) is 0 Å². The van der Waals surface area contributed by atoms with Gasteiger partial charge in [0.15, 0.2) is 11.5 Å². The van der Waals surface area contributed by atoms with E-state index in [1.807, 2.05) is 50.2 Å². The predicted molar refractivity (Wildman–Crippen MR) is 93.1 cm³/mol. The van der Waals surface area contributed by atoms with E-state index in [1.54, 1.807) is 6.07 Å². The van der Waals surface area contributed by atoms with E-state index in [0.29, 0.717) is 0 Å². The standard InChI is InChI=1S/C21H20O2/c1-14-15(2)21(23)19(22)13-18(14)20(16-9-5-3-6-10-16)17-11-7-4-8-12-17/h3-13,20,22-23H,1-2H3. The lowest BCUT2D eigenvalue weighted by atomic mass is 9.82. The zero-order chi connectivity index (χ0) is 16.4. The Morgan fingerprint density at radius 3 is 1.65 bits per heavy atom. The van der Waals surface area contributed by atoms with E-state index in [0.717, 1.165) is 27.8 Å². The van der Waals surface area contributed by atoms with Gasteiger partial charge in [0, 0.05) is 5.92 Å². The third-order valence-corrected chi connectivity index (χ3v) is 4.46. The summed E-state index contributed by atoms with van der Waals surface area (Å²) in [5.41, 5.74) is 5.04. The summed E-state index contributed by atoms with van der Waals surface area (Å²) in [6.07, 6.45) is 0. The van der Waals surface area contributed by atoms with Crippen LogP contribution >= 0.6 is 0 Å². The molecule has 23 heavy (non-hydrogen) atoms. The minimum atomic E-state index is -0.0695. The second-order valence-corrected chi connectivity index (χ2v) is 5.84. The summed E-state index contributed by atoms with van der Waals surface area (Å²) >= 11 is 0. The van der Waals surface area contributed by atoms with Crippen LogP contribution in [0, 0.1) is 13.8 Å². The van der Waals surface area contributed by atoms with Gasteiger partial charge in [0.1, 0.15) is 0 Å². The lowest BCUT2D eigenvalue weighted by Gasteiger charge is -2.22. The fourth-order valence-electron chi connectivity index (χ4n) is 3.05. The highest BCUT2D eigenvalue weighted by Gasteiger charge is 2.21. The molecule has 0 saturated heterocycles. The molecule has 3 rings (SSSR count). The van der Waals surface area contributed by atoms with Crippen LogP contribution in [0.4, 0.5) is 0 Å². The van der Waals surface area contributed by atoms with Crippen molar-refractivity contribution < 1.29 is 10.2 Å². The highest BCUT2D eigenvalue weighted by Crippen LogP contribution is 2.40. The van der Waals surface area contributed by atoms with Gasteiger partial charge < -0.3 is 10.2 Å². The highest BCUT2D eigenvalue weighted by molar-refractivity contribution is 5.56. The van der Waals surface area contributed by atoms with Crippen molar-refractivity contribution in [1.82, 2.24) is 0 Å². The van der Waals surface area contributed by atoms with E-state index >= 15 is 0 Å². The molecular weight excluding hydrogens is 284 g/mol. The van der Waals surface area contributed by atoms with Crippen molar-refractivity contribution in [2.45, 2.75) is 19.8 Å². The maximum Gasteiger partial charge on any atom is 0.160 e. The Morgan fingerprint density at radius 2 is 1.17 bits per heavy atom. The normalized spacial score (nSPS) is 10.9. The Hall–Kier alpha value is -2.74. The first-order valence-corrected chi connectivity index (χ1v) is 7.71. The molecule has 0 aliphatic heterocycles. The Morgan fingerprint density at radius 1 is 0.696 bits per heavy atom. The molecule has 0 aliphatic carbocycles. The third kappa shape index (κ3) is 2.80. The molecule has 0 bridgehead atoms. The van der Waals surface area contributed by atoms with Crippen molar-refractivity contribution in [1.29, 1.82) is 0 Å². The van der Waals surface area contributed by atoms with Crippen molar-refractivity contribution in [3.63, 3.8) is 0 Å². The lowest BCUT2D eigenvalue weighted by Crippen LogP contribution is -2.06. The minimum absolute atomic E-state index is 0.0163. The second kappa shape index (κ2) is 6.17. The Labute approximate surface area is 136 Å². The van der Waals surface area contributed by atoms with Crippen molar-refractivity contribution in [3.8, 4) is 11.5 Å². The number of hydrogen-bond donors (Lipinski definition) is 2. The average Bonchev–Trinajstić information content (AvgIpc) is 2.60. The number of benzene rings is 3. The number of phenols is 2. The van der Waals surface area contributed by atoms with Gasteiger partial charge in [0.25, 0.3) is 0 Å². The number of aromatic hydroxyl groups is 2. The third-order valence-electron chi connectivity index (χ3n) is 4.46. The molecule has 0 aliphatic rings. The largest absolute Gasteiger partial charge is 0.504 e. The molecule has 0 fully saturated rings. The van der Waals surface area contributed by atoms with Crippen LogP contribution in [0.5, 0.6) is 11.5 Å². The van der Waals surface area contributed by atoms with Crippen LogP contribution in [-0.2, 0) is 0 Å². The quantitative estimate of drug-likeness (QED) is 0.534. The van der Waals surface area contributed by atoms with Crippen LogP contribution < -0.4 is 0 Å². The zero-order valence-electron chi connectivity index (χ0n) is 13.3. The SMILES string of the molecule is Cc1c(C(c2ccccc2)c2ccccc2)cc(O)c(O)c1C. The maximum absolute atomic E-state index is 10.1. The number of hydrogen-bond acceptors (Lipinski definition) is 2. The van der Waals surface area contributed by atoms with Crippen molar-refractivity contribution in [2.75, 3.05) is 0 Å². The van der Waals surface area contributed by atoms with E-state index < -0.39 is 0 Å². The van der Waals surface area contributed by atoms with Crippen LogP contribution in [0.3, 0.4) is 0 Å². The van der Waals surface area contributed by atoms with Crippen molar-refractivity contribution in [3.05, 3.63) is 94.5 Å². The molecule has 0 radical (unpaired) electrons. The Balaban J connectivity index is 2.26. The summed E-state index contributed by atoms with van der Waals surface area (Å²) in [5, 5.41) is 20.1. The second-order valence-electron chi connectivity index (χ2n) is 5.84. The molecule has 2 nitrogen and oxygen atoms in total. The summed E-state index contributed by atoms with van der Waals surface area (Å²) in [6, 6.07) is 22.1. The van der Waals surface area contributed by atoms with Gasteiger partial charge in [-0.2, -0.15) is 0 Å². The molecule has 0 heterocycles. The van der Waals surface area contributed by atoms with Gasteiger partial charge in [0.05, 0.1) is 0 Å². The smallest absolute Gasteiger partial charge is 0.160 e. The molecule has 0 spiro atoms. The molecule has 2 heteroatoms. The van der Waals surface area contributed by atoms with Gasteiger partial charge in [-0.15, -0.1) is 0 Å².